The first-order chi connectivity index (χ1) is 10.1. The summed E-state index contributed by atoms with van der Waals surface area (Å²) in [7, 11) is 0. The van der Waals surface area contributed by atoms with Crippen LogP contribution in [0.15, 0.2) is 47.3 Å². The third-order valence-electron chi connectivity index (χ3n) is 3.36. The molecule has 21 heavy (non-hydrogen) atoms. The highest BCUT2D eigenvalue weighted by Gasteiger charge is 2.13. The molecule has 0 aliphatic rings. The number of alkyl halides is 1. The Balaban J connectivity index is 2.41. The Morgan fingerprint density at radius 2 is 1.95 bits per heavy atom. The minimum absolute atomic E-state index is 0.123. The van der Waals surface area contributed by atoms with Crippen LogP contribution >= 0.6 is 23.2 Å². The molecule has 0 saturated carbocycles. The summed E-state index contributed by atoms with van der Waals surface area (Å²) in [5, 5.41) is 1.20. The molecule has 2 aromatic carbocycles. The second-order valence-corrected chi connectivity index (χ2v) is 5.45. The molecular weight excluding hydrogens is 307 g/mol. The number of nitrogens with zero attached hydrogens (tertiary/aromatic N) is 2. The van der Waals surface area contributed by atoms with Crippen molar-refractivity contribution in [1.29, 1.82) is 0 Å². The summed E-state index contributed by atoms with van der Waals surface area (Å²) in [5.74, 6) is 0.674. The van der Waals surface area contributed by atoms with Crippen LogP contribution in [0.1, 0.15) is 11.4 Å². The Morgan fingerprint density at radius 3 is 2.67 bits per heavy atom. The van der Waals surface area contributed by atoms with Gasteiger partial charge in [-0.1, -0.05) is 23.7 Å². The Hall–Kier alpha value is -1.84. The maximum Gasteiger partial charge on any atom is 0.266 e. The molecule has 0 aliphatic heterocycles. The fraction of sp³-hybridized carbons (Fsp3) is 0.125. The summed E-state index contributed by atoms with van der Waals surface area (Å²) in [6.07, 6.45) is 0. The van der Waals surface area contributed by atoms with Gasteiger partial charge in [0.15, 0.2) is 0 Å². The van der Waals surface area contributed by atoms with Gasteiger partial charge in [-0.3, -0.25) is 9.36 Å². The minimum Gasteiger partial charge on any atom is -0.268 e. The summed E-state index contributed by atoms with van der Waals surface area (Å²) in [4.78, 5) is 17.3. The molecule has 0 bridgehead atoms. The van der Waals surface area contributed by atoms with Crippen molar-refractivity contribution < 1.29 is 0 Å². The second-order valence-electron chi connectivity index (χ2n) is 4.75. The van der Waals surface area contributed by atoms with Crippen LogP contribution in [-0.2, 0) is 5.88 Å². The number of hydrogen-bond donors (Lipinski definition) is 0. The predicted molar refractivity (Wildman–Crippen MR) is 86.6 cm³/mol. The van der Waals surface area contributed by atoms with Gasteiger partial charge in [0.25, 0.3) is 5.56 Å². The van der Waals surface area contributed by atoms with Gasteiger partial charge in [0.2, 0.25) is 0 Å². The zero-order valence-electron chi connectivity index (χ0n) is 11.3. The van der Waals surface area contributed by atoms with Gasteiger partial charge in [0.1, 0.15) is 5.82 Å². The third-order valence-corrected chi connectivity index (χ3v) is 3.84. The van der Waals surface area contributed by atoms with Gasteiger partial charge < -0.3 is 0 Å². The molecule has 3 nitrogen and oxygen atoms in total. The number of fused-ring (bicyclic) bond motifs is 1. The molecule has 0 saturated heterocycles. The minimum atomic E-state index is -0.123. The lowest BCUT2D eigenvalue weighted by Crippen LogP contribution is -2.24. The van der Waals surface area contributed by atoms with Crippen molar-refractivity contribution in [2.24, 2.45) is 0 Å². The molecule has 0 amide bonds. The first-order valence-electron chi connectivity index (χ1n) is 6.45. The van der Waals surface area contributed by atoms with Gasteiger partial charge in [-0.15, -0.1) is 11.6 Å². The lowest BCUT2D eigenvalue weighted by Gasteiger charge is -2.14. The van der Waals surface area contributed by atoms with Crippen molar-refractivity contribution in [2.75, 3.05) is 0 Å². The summed E-state index contributed by atoms with van der Waals surface area (Å²) in [5.41, 5.74) is 2.18. The highest BCUT2D eigenvalue weighted by atomic mass is 35.5. The number of halogens is 2. The summed E-state index contributed by atoms with van der Waals surface area (Å²) >= 11 is 12.0. The number of rotatable bonds is 2. The lowest BCUT2D eigenvalue weighted by molar-refractivity contribution is 0.875. The van der Waals surface area contributed by atoms with E-state index >= 15 is 0 Å². The molecule has 1 aromatic heterocycles. The Morgan fingerprint density at radius 1 is 1.19 bits per heavy atom. The van der Waals surface area contributed by atoms with Crippen LogP contribution in [0.3, 0.4) is 0 Å². The maximum atomic E-state index is 12.8. The molecule has 0 fully saturated rings. The van der Waals surface area contributed by atoms with Crippen molar-refractivity contribution in [3.8, 4) is 5.69 Å². The van der Waals surface area contributed by atoms with Crippen molar-refractivity contribution in [3.63, 3.8) is 0 Å². The fourth-order valence-electron chi connectivity index (χ4n) is 2.39. The quantitative estimate of drug-likeness (QED) is 0.667. The SMILES string of the molecule is Cc1cc(Cl)ccc1-n1c(CCl)nc2ccccc2c1=O. The predicted octanol–water partition coefficient (Wildman–Crippen LogP) is 4.09. The van der Waals surface area contributed by atoms with Crippen LogP contribution in [-0.4, -0.2) is 9.55 Å². The van der Waals surface area contributed by atoms with E-state index in [0.717, 1.165) is 11.3 Å². The first kappa shape index (κ1) is 14.1. The molecule has 5 heteroatoms. The molecule has 0 atom stereocenters. The second kappa shape index (κ2) is 5.51. The maximum absolute atomic E-state index is 12.8. The van der Waals surface area contributed by atoms with Crippen LogP contribution < -0.4 is 5.56 Å². The molecule has 106 valence electrons. The summed E-state index contributed by atoms with van der Waals surface area (Å²) < 4.78 is 1.56. The lowest BCUT2D eigenvalue weighted by atomic mass is 10.2. The van der Waals surface area contributed by atoms with E-state index in [1.165, 1.54) is 0 Å². The monoisotopic (exact) mass is 318 g/mol. The number of para-hydroxylation sites is 1. The number of hydrogen-bond acceptors (Lipinski definition) is 2. The molecule has 3 aromatic rings. The molecule has 0 unspecified atom stereocenters. The standard InChI is InChI=1S/C16H12Cl2N2O/c1-10-8-11(18)6-7-14(10)20-15(9-17)19-13-5-3-2-4-12(13)16(20)21/h2-8H,9H2,1H3. The molecule has 0 aliphatic carbocycles. The highest BCUT2D eigenvalue weighted by Crippen LogP contribution is 2.20. The summed E-state index contributed by atoms with van der Waals surface area (Å²) in [6.45, 7) is 1.90. The Bertz CT molecular complexity index is 887. The first-order valence-corrected chi connectivity index (χ1v) is 7.36. The van der Waals surface area contributed by atoms with Crippen molar-refractivity contribution in [2.45, 2.75) is 12.8 Å². The zero-order valence-corrected chi connectivity index (χ0v) is 12.8. The van der Waals surface area contributed by atoms with Crippen LogP contribution in [0.5, 0.6) is 0 Å². The van der Waals surface area contributed by atoms with Gasteiger partial charge in [0, 0.05) is 5.02 Å². The van der Waals surface area contributed by atoms with E-state index in [1.54, 1.807) is 16.7 Å². The van der Waals surface area contributed by atoms with Crippen LogP contribution in [0, 0.1) is 6.92 Å². The van der Waals surface area contributed by atoms with Gasteiger partial charge in [-0.25, -0.2) is 4.98 Å². The largest absolute Gasteiger partial charge is 0.268 e. The van der Waals surface area contributed by atoms with Crippen LogP contribution in [0.25, 0.3) is 16.6 Å². The number of benzene rings is 2. The number of aromatic nitrogens is 2. The highest BCUT2D eigenvalue weighted by molar-refractivity contribution is 6.30. The van der Waals surface area contributed by atoms with Crippen molar-refractivity contribution >= 4 is 34.1 Å². The molecule has 0 radical (unpaired) electrons. The van der Waals surface area contributed by atoms with Crippen LogP contribution in [0.2, 0.25) is 5.02 Å². The van der Waals surface area contributed by atoms with Gasteiger partial charge in [-0.05, 0) is 42.8 Å². The fourth-order valence-corrected chi connectivity index (χ4v) is 2.79. The van der Waals surface area contributed by atoms with E-state index in [0.29, 0.717) is 21.7 Å². The van der Waals surface area contributed by atoms with Crippen LogP contribution in [0.4, 0.5) is 0 Å². The Kier molecular flexibility index (Phi) is 3.70. The van der Waals surface area contributed by atoms with E-state index in [2.05, 4.69) is 4.98 Å². The smallest absolute Gasteiger partial charge is 0.266 e. The average Bonchev–Trinajstić information content (AvgIpc) is 2.48. The zero-order chi connectivity index (χ0) is 15.0. The van der Waals surface area contributed by atoms with E-state index < -0.39 is 0 Å². The van der Waals surface area contributed by atoms with Gasteiger partial charge in [0.05, 0.1) is 22.5 Å². The normalized spacial score (nSPS) is 11.0. The Labute approximate surface area is 131 Å². The van der Waals surface area contributed by atoms with Gasteiger partial charge in [-0.2, -0.15) is 0 Å². The molecule has 0 N–H and O–H groups in total. The molecule has 0 spiro atoms. The topological polar surface area (TPSA) is 34.9 Å². The third kappa shape index (κ3) is 2.43. The van der Waals surface area contributed by atoms with E-state index in [-0.39, 0.29) is 11.4 Å². The molecule has 3 rings (SSSR count). The van der Waals surface area contributed by atoms with E-state index in [1.807, 2.05) is 37.3 Å². The van der Waals surface area contributed by atoms with E-state index in [9.17, 15) is 4.79 Å². The van der Waals surface area contributed by atoms with Crippen molar-refractivity contribution in [3.05, 3.63) is 69.2 Å². The molecule has 1 heterocycles. The van der Waals surface area contributed by atoms with Crippen molar-refractivity contribution in [1.82, 2.24) is 9.55 Å². The molecular formula is C16H12Cl2N2O. The number of aryl methyl sites for hydroxylation is 1. The van der Waals surface area contributed by atoms with E-state index in [4.69, 9.17) is 23.2 Å². The van der Waals surface area contributed by atoms with Gasteiger partial charge >= 0.3 is 0 Å². The summed E-state index contributed by atoms with van der Waals surface area (Å²) in [6, 6.07) is 12.6. The average molecular weight is 319 g/mol.